The zero-order valence-corrected chi connectivity index (χ0v) is 18.5. The fourth-order valence-corrected chi connectivity index (χ4v) is 3.47. The number of carbonyl (C=O) groups excluding carboxylic acids is 2. The van der Waals surface area contributed by atoms with Gasteiger partial charge in [0.1, 0.15) is 5.75 Å². The molecule has 0 aliphatic carbocycles. The molecule has 2 aromatic carbocycles. The van der Waals surface area contributed by atoms with E-state index in [1.165, 1.54) is 12.8 Å². The number of hydrogen-bond donors (Lipinski definition) is 2. The van der Waals surface area contributed by atoms with Crippen LogP contribution in [-0.4, -0.2) is 43.0 Å². The summed E-state index contributed by atoms with van der Waals surface area (Å²) < 4.78 is 5.66. The Morgan fingerprint density at radius 3 is 2.13 bits per heavy atom. The van der Waals surface area contributed by atoms with Crippen molar-refractivity contribution in [2.24, 2.45) is 5.92 Å². The van der Waals surface area contributed by atoms with Crippen molar-refractivity contribution >= 4 is 23.2 Å². The first-order valence-electron chi connectivity index (χ1n) is 11.2. The Hall–Kier alpha value is -3.02. The van der Waals surface area contributed by atoms with Crippen LogP contribution in [-0.2, 0) is 4.79 Å². The van der Waals surface area contributed by atoms with Gasteiger partial charge in [-0.3, -0.25) is 9.59 Å². The molecule has 2 N–H and O–H groups in total. The number of benzene rings is 2. The quantitative estimate of drug-likeness (QED) is 0.641. The van der Waals surface area contributed by atoms with Crippen LogP contribution in [0.3, 0.4) is 0 Å². The molecular formula is C25H33N3O3. The molecule has 0 unspecified atom stereocenters. The maximum atomic E-state index is 12.7. The van der Waals surface area contributed by atoms with Crippen molar-refractivity contribution in [3.8, 4) is 5.75 Å². The predicted octanol–water partition coefficient (Wildman–Crippen LogP) is 4.79. The molecule has 1 aliphatic heterocycles. The Kier molecular flexibility index (Phi) is 8.33. The van der Waals surface area contributed by atoms with E-state index in [-0.39, 0.29) is 18.4 Å². The molecule has 0 spiro atoms. The van der Waals surface area contributed by atoms with E-state index in [2.05, 4.69) is 24.5 Å². The average Bonchev–Trinajstić information content (AvgIpc) is 3.06. The molecule has 6 heteroatoms. The van der Waals surface area contributed by atoms with Crippen LogP contribution >= 0.6 is 0 Å². The van der Waals surface area contributed by atoms with Crippen molar-refractivity contribution in [1.82, 2.24) is 4.90 Å². The van der Waals surface area contributed by atoms with E-state index in [0.29, 0.717) is 23.8 Å². The summed E-state index contributed by atoms with van der Waals surface area (Å²) in [4.78, 5) is 26.9. The SMILES string of the molecule is CC(C)COc1ccc(NCC(=O)Nc2ccc(C(=O)N3CCCCCC3)cc2)cc1. The summed E-state index contributed by atoms with van der Waals surface area (Å²) in [6.07, 6.45) is 4.53. The van der Waals surface area contributed by atoms with Gasteiger partial charge in [0, 0.05) is 30.0 Å². The van der Waals surface area contributed by atoms with Crippen LogP contribution in [0.15, 0.2) is 48.5 Å². The molecule has 1 saturated heterocycles. The summed E-state index contributed by atoms with van der Waals surface area (Å²) in [7, 11) is 0. The van der Waals surface area contributed by atoms with Gasteiger partial charge >= 0.3 is 0 Å². The lowest BCUT2D eigenvalue weighted by molar-refractivity contribution is -0.114. The highest BCUT2D eigenvalue weighted by molar-refractivity contribution is 5.96. The van der Waals surface area contributed by atoms with Gasteiger partial charge in [0.25, 0.3) is 5.91 Å². The van der Waals surface area contributed by atoms with Crippen LogP contribution in [0.25, 0.3) is 0 Å². The second-order valence-corrected chi connectivity index (χ2v) is 8.41. The molecule has 0 bridgehead atoms. The molecule has 6 nitrogen and oxygen atoms in total. The number of anilines is 2. The molecule has 1 heterocycles. The minimum atomic E-state index is -0.147. The van der Waals surface area contributed by atoms with Crippen LogP contribution in [0.4, 0.5) is 11.4 Å². The number of nitrogens with zero attached hydrogens (tertiary/aromatic N) is 1. The second kappa shape index (κ2) is 11.4. The zero-order valence-electron chi connectivity index (χ0n) is 18.5. The zero-order chi connectivity index (χ0) is 22.1. The summed E-state index contributed by atoms with van der Waals surface area (Å²) in [5.41, 5.74) is 2.19. The monoisotopic (exact) mass is 423 g/mol. The van der Waals surface area contributed by atoms with Crippen molar-refractivity contribution in [1.29, 1.82) is 0 Å². The summed E-state index contributed by atoms with van der Waals surface area (Å²) in [6.45, 7) is 6.70. The molecule has 0 aromatic heterocycles. The van der Waals surface area contributed by atoms with E-state index in [9.17, 15) is 9.59 Å². The average molecular weight is 424 g/mol. The molecular weight excluding hydrogens is 390 g/mol. The lowest BCUT2D eigenvalue weighted by Gasteiger charge is -2.20. The third kappa shape index (κ3) is 7.31. The number of likely N-dealkylation sites (tertiary alicyclic amines) is 1. The van der Waals surface area contributed by atoms with E-state index in [0.717, 1.165) is 37.4 Å². The minimum Gasteiger partial charge on any atom is -0.493 e. The Morgan fingerprint density at radius 2 is 1.52 bits per heavy atom. The molecule has 166 valence electrons. The number of carbonyl (C=O) groups is 2. The van der Waals surface area contributed by atoms with E-state index >= 15 is 0 Å². The van der Waals surface area contributed by atoms with Crippen LogP contribution < -0.4 is 15.4 Å². The van der Waals surface area contributed by atoms with Gasteiger partial charge in [0.2, 0.25) is 5.91 Å². The van der Waals surface area contributed by atoms with Gasteiger partial charge in [-0.1, -0.05) is 26.7 Å². The third-order valence-electron chi connectivity index (χ3n) is 5.20. The molecule has 1 aliphatic rings. The Balaban J connectivity index is 1.45. The largest absolute Gasteiger partial charge is 0.493 e. The van der Waals surface area contributed by atoms with Crippen molar-refractivity contribution in [2.75, 3.05) is 36.9 Å². The highest BCUT2D eigenvalue weighted by Gasteiger charge is 2.17. The first-order chi connectivity index (χ1) is 15.0. The van der Waals surface area contributed by atoms with Crippen LogP contribution in [0.1, 0.15) is 49.9 Å². The predicted molar refractivity (Wildman–Crippen MR) is 125 cm³/mol. The van der Waals surface area contributed by atoms with E-state index in [1.807, 2.05) is 29.2 Å². The molecule has 3 rings (SSSR count). The van der Waals surface area contributed by atoms with E-state index in [1.54, 1.807) is 24.3 Å². The van der Waals surface area contributed by atoms with Gasteiger partial charge in [-0.25, -0.2) is 0 Å². The van der Waals surface area contributed by atoms with Gasteiger partial charge in [-0.05, 0) is 67.3 Å². The molecule has 1 fully saturated rings. The van der Waals surface area contributed by atoms with Gasteiger partial charge in [-0.15, -0.1) is 0 Å². The van der Waals surface area contributed by atoms with Gasteiger partial charge in [0.05, 0.1) is 13.2 Å². The third-order valence-corrected chi connectivity index (χ3v) is 5.20. The summed E-state index contributed by atoms with van der Waals surface area (Å²) >= 11 is 0. The number of amides is 2. The number of rotatable bonds is 8. The standard InChI is InChI=1S/C25H33N3O3/c1-19(2)18-31-23-13-11-21(12-14-23)26-17-24(29)27-22-9-7-20(8-10-22)25(30)28-15-5-3-4-6-16-28/h7-14,19,26H,3-6,15-18H2,1-2H3,(H,27,29). The first-order valence-corrected chi connectivity index (χ1v) is 11.2. The highest BCUT2D eigenvalue weighted by atomic mass is 16.5. The van der Waals surface area contributed by atoms with Crippen LogP contribution in [0, 0.1) is 5.92 Å². The van der Waals surface area contributed by atoms with E-state index in [4.69, 9.17) is 4.74 Å². The highest BCUT2D eigenvalue weighted by Crippen LogP contribution is 2.17. The smallest absolute Gasteiger partial charge is 0.253 e. The van der Waals surface area contributed by atoms with Gasteiger partial charge in [-0.2, -0.15) is 0 Å². The normalized spacial score (nSPS) is 14.1. The molecule has 0 atom stereocenters. The Bertz CT molecular complexity index is 839. The van der Waals surface area contributed by atoms with Crippen molar-refractivity contribution < 1.29 is 14.3 Å². The molecule has 2 aromatic rings. The minimum absolute atomic E-state index is 0.0715. The first kappa shape index (κ1) is 22.7. The molecule has 0 radical (unpaired) electrons. The maximum Gasteiger partial charge on any atom is 0.253 e. The fourth-order valence-electron chi connectivity index (χ4n) is 3.47. The van der Waals surface area contributed by atoms with E-state index < -0.39 is 0 Å². The molecule has 31 heavy (non-hydrogen) atoms. The molecule has 2 amide bonds. The van der Waals surface area contributed by atoms with Gasteiger partial charge in [0.15, 0.2) is 0 Å². The number of ether oxygens (including phenoxy) is 1. The number of nitrogens with one attached hydrogen (secondary N) is 2. The van der Waals surface area contributed by atoms with Crippen LogP contribution in [0.2, 0.25) is 0 Å². The number of hydrogen-bond acceptors (Lipinski definition) is 4. The lowest BCUT2D eigenvalue weighted by Crippen LogP contribution is -2.31. The maximum absolute atomic E-state index is 12.7. The topological polar surface area (TPSA) is 70.7 Å². The second-order valence-electron chi connectivity index (χ2n) is 8.41. The Labute approximate surface area is 185 Å². The fraction of sp³-hybridized carbons (Fsp3) is 0.440. The molecule has 0 saturated carbocycles. The van der Waals surface area contributed by atoms with Gasteiger partial charge < -0.3 is 20.3 Å². The Morgan fingerprint density at radius 1 is 0.903 bits per heavy atom. The summed E-state index contributed by atoms with van der Waals surface area (Å²) in [6, 6.07) is 14.7. The summed E-state index contributed by atoms with van der Waals surface area (Å²) in [5.74, 6) is 1.22. The van der Waals surface area contributed by atoms with Crippen LogP contribution in [0.5, 0.6) is 5.75 Å². The van der Waals surface area contributed by atoms with Crippen molar-refractivity contribution in [3.63, 3.8) is 0 Å². The lowest BCUT2D eigenvalue weighted by atomic mass is 10.1. The summed E-state index contributed by atoms with van der Waals surface area (Å²) in [5, 5.41) is 5.97. The van der Waals surface area contributed by atoms with Crippen molar-refractivity contribution in [3.05, 3.63) is 54.1 Å². The van der Waals surface area contributed by atoms with Crippen molar-refractivity contribution in [2.45, 2.75) is 39.5 Å².